The lowest BCUT2D eigenvalue weighted by Crippen LogP contribution is -2.29. The van der Waals surface area contributed by atoms with E-state index in [0.29, 0.717) is 18.4 Å². The molecule has 3 heteroatoms. The highest BCUT2D eigenvalue weighted by molar-refractivity contribution is 5.25. The Morgan fingerprint density at radius 1 is 1.36 bits per heavy atom. The van der Waals surface area contributed by atoms with E-state index in [0.717, 1.165) is 12.1 Å². The minimum atomic E-state index is 0.304. The maximum absolute atomic E-state index is 9.08. The molecule has 0 fully saturated rings. The van der Waals surface area contributed by atoms with Gasteiger partial charge in [-0.25, -0.2) is 0 Å². The van der Waals surface area contributed by atoms with Crippen LogP contribution in [-0.4, -0.2) is 24.9 Å². The molecule has 1 atom stereocenters. The Morgan fingerprint density at radius 2 is 2.00 bits per heavy atom. The monoisotopic (exact) mass is 195 g/mol. The predicted octanol–water partition coefficient (Wildman–Crippen LogP) is 1.52. The van der Waals surface area contributed by atoms with E-state index in [9.17, 15) is 0 Å². The van der Waals surface area contributed by atoms with Gasteiger partial charge >= 0.3 is 0 Å². The summed E-state index contributed by atoms with van der Waals surface area (Å²) in [4.78, 5) is 0. The average Bonchev–Trinajstić information content (AvgIpc) is 2.17. The fraction of sp³-hybridized carbons (Fsp3) is 0.455. The Hall–Kier alpha value is -1.06. The molecule has 0 amide bonds. The highest BCUT2D eigenvalue weighted by Crippen LogP contribution is 2.09. The van der Waals surface area contributed by atoms with Crippen LogP contribution in [0.3, 0.4) is 0 Å². The number of rotatable bonds is 5. The molecule has 0 bridgehead atoms. The largest absolute Gasteiger partial charge is 0.508 e. The number of benzene rings is 1. The Labute approximate surface area is 84.7 Å². The second-order valence-corrected chi connectivity index (χ2v) is 3.40. The summed E-state index contributed by atoms with van der Waals surface area (Å²) in [7, 11) is 1.69. The SMILES string of the molecule is COCC(C)NCc1ccc(O)cc1. The molecule has 0 saturated carbocycles. The van der Waals surface area contributed by atoms with E-state index in [4.69, 9.17) is 9.84 Å². The quantitative estimate of drug-likeness (QED) is 0.748. The molecule has 0 saturated heterocycles. The maximum Gasteiger partial charge on any atom is 0.115 e. The fourth-order valence-corrected chi connectivity index (χ4v) is 1.21. The smallest absolute Gasteiger partial charge is 0.115 e. The fourth-order valence-electron chi connectivity index (χ4n) is 1.21. The van der Waals surface area contributed by atoms with E-state index in [2.05, 4.69) is 12.2 Å². The zero-order valence-corrected chi connectivity index (χ0v) is 8.66. The van der Waals surface area contributed by atoms with Gasteiger partial charge in [-0.2, -0.15) is 0 Å². The topological polar surface area (TPSA) is 41.5 Å². The first-order valence-electron chi connectivity index (χ1n) is 4.72. The minimum absolute atomic E-state index is 0.304. The van der Waals surface area contributed by atoms with Gasteiger partial charge < -0.3 is 15.2 Å². The second-order valence-electron chi connectivity index (χ2n) is 3.40. The molecule has 1 unspecified atom stereocenters. The zero-order valence-electron chi connectivity index (χ0n) is 8.66. The normalized spacial score (nSPS) is 12.7. The Bertz CT molecular complexity index is 258. The first-order chi connectivity index (χ1) is 6.72. The van der Waals surface area contributed by atoms with Gasteiger partial charge in [0.25, 0.3) is 0 Å². The number of hydrogen-bond acceptors (Lipinski definition) is 3. The third-order valence-corrected chi connectivity index (χ3v) is 2.01. The predicted molar refractivity (Wildman–Crippen MR) is 56.3 cm³/mol. The Kier molecular flexibility index (Phi) is 4.43. The first kappa shape index (κ1) is 11.0. The van der Waals surface area contributed by atoms with Crippen molar-refractivity contribution < 1.29 is 9.84 Å². The minimum Gasteiger partial charge on any atom is -0.508 e. The van der Waals surface area contributed by atoms with Crippen LogP contribution in [0.15, 0.2) is 24.3 Å². The third-order valence-electron chi connectivity index (χ3n) is 2.01. The summed E-state index contributed by atoms with van der Waals surface area (Å²) in [6, 6.07) is 7.54. The first-order valence-corrected chi connectivity index (χ1v) is 4.72. The van der Waals surface area contributed by atoms with Crippen molar-refractivity contribution in [2.45, 2.75) is 19.5 Å². The van der Waals surface area contributed by atoms with Crippen molar-refractivity contribution in [3.8, 4) is 5.75 Å². The lowest BCUT2D eigenvalue weighted by molar-refractivity contribution is 0.171. The molecule has 14 heavy (non-hydrogen) atoms. The van der Waals surface area contributed by atoms with Gasteiger partial charge in [-0.05, 0) is 24.6 Å². The summed E-state index contributed by atoms with van der Waals surface area (Å²) in [6.45, 7) is 3.58. The molecule has 0 heterocycles. The molecule has 0 spiro atoms. The van der Waals surface area contributed by atoms with Crippen molar-refractivity contribution in [3.63, 3.8) is 0 Å². The molecule has 1 aromatic rings. The molecule has 78 valence electrons. The van der Waals surface area contributed by atoms with Gasteiger partial charge in [0.05, 0.1) is 6.61 Å². The van der Waals surface area contributed by atoms with Crippen LogP contribution in [0.25, 0.3) is 0 Å². The summed E-state index contributed by atoms with van der Waals surface area (Å²) in [6.07, 6.45) is 0. The number of methoxy groups -OCH3 is 1. The molecule has 1 rings (SSSR count). The Morgan fingerprint density at radius 3 is 2.57 bits per heavy atom. The van der Waals surface area contributed by atoms with Crippen molar-refractivity contribution >= 4 is 0 Å². The summed E-state index contributed by atoms with van der Waals surface area (Å²) in [5.74, 6) is 0.304. The van der Waals surface area contributed by atoms with Gasteiger partial charge in [0.15, 0.2) is 0 Å². The van der Waals surface area contributed by atoms with E-state index < -0.39 is 0 Å². The summed E-state index contributed by atoms with van der Waals surface area (Å²) in [5.41, 5.74) is 1.16. The van der Waals surface area contributed by atoms with Gasteiger partial charge in [-0.3, -0.25) is 0 Å². The van der Waals surface area contributed by atoms with Crippen LogP contribution in [0, 0.1) is 0 Å². The standard InChI is InChI=1S/C11H17NO2/c1-9(8-14-2)12-7-10-3-5-11(13)6-4-10/h3-6,9,12-13H,7-8H2,1-2H3. The Balaban J connectivity index is 2.34. The van der Waals surface area contributed by atoms with Crippen LogP contribution in [0.1, 0.15) is 12.5 Å². The van der Waals surface area contributed by atoms with Crippen LogP contribution in [0.4, 0.5) is 0 Å². The lowest BCUT2D eigenvalue weighted by atomic mass is 10.2. The van der Waals surface area contributed by atoms with Crippen molar-refractivity contribution in [3.05, 3.63) is 29.8 Å². The van der Waals surface area contributed by atoms with E-state index in [1.54, 1.807) is 19.2 Å². The summed E-state index contributed by atoms with van der Waals surface area (Å²) < 4.78 is 5.01. The number of phenolic OH excluding ortho intramolecular Hbond substituents is 1. The molecule has 2 N–H and O–H groups in total. The number of nitrogens with one attached hydrogen (secondary N) is 1. The maximum atomic E-state index is 9.08. The van der Waals surface area contributed by atoms with E-state index >= 15 is 0 Å². The molecule has 0 aliphatic heterocycles. The molecule has 3 nitrogen and oxygen atoms in total. The molecule has 0 aliphatic rings. The number of aromatic hydroxyl groups is 1. The van der Waals surface area contributed by atoms with Crippen LogP contribution >= 0.6 is 0 Å². The molecular weight excluding hydrogens is 178 g/mol. The summed E-state index contributed by atoms with van der Waals surface area (Å²) >= 11 is 0. The van der Waals surface area contributed by atoms with Crippen LogP contribution < -0.4 is 5.32 Å². The van der Waals surface area contributed by atoms with Gasteiger partial charge in [0.2, 0.25) is 0 Å². The van der Waals surface area contributed by atoms with Crippen molar-refractivity contribution in [2.75, 3.05) is 13.7 Å². The van der Waals surface area contributed by atoms with Gasteiger partial charge in [-0.1, -0.05) is 12.1 Å². The average molecular weight is 195 g/mol. The highest BCUT2D eigenvalue weighted by atomic mass is 16.5. The van der Waals surface area contributed by atoms with Gasteiger partial charge in [-0.15, -0.1) is 0 Å². The lowest BCUT2D eigenvalue weighted by Gasteiger charge is -2.12. The van der Waals surface area contributed by atoms with Crippen molar-refractivity contribution in [1.29, 1.82) is 0 Å². The molecule has 0 aromatic heterocycles. The van der Waals surface area contributed by atoms with Gasteiger partial charge in [0, 0.05) is 19.7 Å². The number of ether oxygens (including phenoxy) is 1. The molecule has 1 aromatic carbocycles. The molecule has 0 radical (unpaired) electrons. The van der Waals surface area contributed by atoms with E-state index in [1.807, 2.05) is 12.1 Å². The van der Waals surface area contributed by atoms with Crippen LogP contribution in [-0.2, 0) is 11.3 Å². The number of hydrogen-bond donors (Lipinski definition) is 2. The van der Waals surface area contributed by atoms with Gasteiger partial charge in [0.1, 0.15) is 5.75 Å². The zero-order chi connectivity index (χ0) is 10.4. The molecular formula is C11H17NO2. The van der Waals surface area contributed by atoms with Crippen molar-refractivity contribution in [2.24, 2.45) is 0 Å². The van der Waals surface area contributed by atoms with Crippen molar-refractivity contribution in [1.82, 2.24) is 5.32 Å². The molecule has 0 aliphatic carbocycles. The third kappa shape index (κ3) is 3.77. The summed E-state index contributed by atoms with van der Waals surface area (Å²) in [5, 5.41) is 12.4. The highest BCUT2D eigenvalue weighted by Gasteiger charge is 1.99. The van der Waals surface area contributed by atoms with Crippen LogP contribution in [0.5, 0.6) is 5.75 Å². The van der Waals surface area contributed by atoms with E-state index in [-0.39, 0.29) is 0 Å². The van der Waals surface area contributed by atoms with Crippen LogP contribution in [0.2, 0.25) is 0 Å². The second kappa shape index (κ2) is 5.62. The number of phenols is 1. The van der Waals surface area contributed by atoms with E-state index in [1.165, 1.54) is 0 Å².